The molecular weight excluding hydrogens is 342 g/mol. The van der Waals surface area contributed by atoms with E-state index in [0.29, 0.717) is 12.1 Å². The van der Waals surface area contributed by atoms with Gasteiger partial charge in [0.25, 0.3) is 5.89 Å². The predicted octanol–water partition coefficient (Wildman–Crippen LogP) is 3.02. The zero-order valence-electron chi connectivity index (χ0n) is 13.9. The van der Waals surface area contributed by atoms with Gasteiger partial charge in [0.15, 0.2) is 0 Å². The number of aromatic nitrogens is 2. The Kier molecular flexibility index (Phi) is 4.92. The summed E-state index contributed by atoms with van der Waals surface area (Å²) in [6, 6.07) is 9.58. The molecule has 8 heteroatoms. The summed E-state index contributed by atoms with van der Waals surface area (Å²) in [5, 5.41) is 10.4. The smallest absolute Gasteiger partial charge is 0.250 e. The largest absolute Gasteiger partial charge is 0.418 e. The van der Waals surface area contributed by atoms with Gasteiger partial charge in [-0.3, -0.25) is 4.79 Å². The van der Waals surface area contributed by atoms with Gasteiger partial charge in [0, 0.05) is 25.1 Å². The summed E-state index contributed by atoms with van der Waals surface area (Å²) in [6.07, 6.45) is 0.382. The quantitative estimate of drug-likeness (QED) is 0.684. The molecule has 2 aromatic carbocycles. The number of nitrogen functional groups attached to an aromatic ring is 1. The van der Waals surface area contributed by atoms with Crippen LogP contribution in [0, 0.1) is 11.6 Å². The molecule has 26 heavy (non-hydrogen) atoms. The number of nitrogens with two attached hydrogens (primary N) is 1. The minimum Gasteiger partial charge on any atom is -0.418 e. The van der Waals surface area contributed by atoms with Gasteiger partial charge in [-0.2, -0.15) is 0 Å². The van der Waals surface area contributed by atoms with Crippen molar-refractivity contribution in [2.45, 2.75) is 19.4 Å². The molecule has 0 aliphatic carbocycles. The van der Waals surface area contributed by atoms with E-state index in [-0.39, 0.29) is 23.3 Å². The SMILES string of the molecule is CC(=O)N[C@@H](Cc1ccc(N)cc1)c1nnc(-c2ccc(F)cc2F)o1. The molecule has 1 amide bonds. The molecular formula is C18H16F2N4O2. The van der Waals surface area contributed by atoms with E-state index in [1.807, 2.05) is 12.1 Å². The van der Waals surface area contributed by atoms with Crippen LogP contribution in [0.4, 0.5) is 14.5 Å². The highest BCUT2D eigenvalue weighted by molar-refractivity contribution is 5.73. The second kappa shape index (κ2) is 7.30. The van der Waals surface area contributed by atoms with Crippen LogP contribution >= 0.6 is 0 Å². The van der Waals surface area contributed by atoms with E-state index < -0.39 is 17.7 Å². The molecule has 6 nitrogen and oxygen atoms in total. The summed E-state index contributed by atoms with van der Waals surface area (Å²) in [5.41, 5.74) is 7.17. The van der Waals surface area contributed by atoms with Gasteiger partial charge in [-0.25, -0.2) is 8.78 Å². The van der Waals surface area contributed by atoms with E-state index in [2.05, 4.69) is 15.5 Å². The standard InChI is InChI=1S/C18H16F2N4O2/c1-10(25)22-16(8-11-2-5-13(21)6-3-11)18-24-23-17(26-18)14-7-4-12(19)9-15(14)20/h2-7,9,16H,8,21H2,1H3,(H,22,25)/t16-/m0/s1. The van der Waals surface area contributed by atoms with Crippen molar-refractivity contribution >= 4 is 11.6 Å². The third kappa shape index (κ3) is 4.02. The maximum Gasteiger partial charge on any atom is 0.250 e. The van der Waals surface area contributed by atoms with Crippen LogP contribution in [0.25, 0.3) is 11.5 Å². The van der Waals surface area contributed by atoms with Crippen LogP contribution in [0.2, 0.25) is 0 Å². The van der Waals surface area contributed by atoms with E-state index in [1.165, 1.54) is 13.0 Å². The fourth-order valence-corrected chi connectivity index (χ4v) is 2.48. The van der Waals surface area contributed by atoms with Crippen molar-refractivity contribution in [3.63, 3.8) is 0 Å². The molecule has 0 fully saturated rings. The first-order valence-corrected chi connectivity index (χ1v) is 7.82. The van der Waals surface area contributed by atoms with Crippen molar-refractivity contribution < 1.29 is 18.0 Å². The van der Waals surface area contributed by atoms with E-state index >= 15 is 0 Å². The number of hydrogen-bond donors (Lipinski definition) is 2. The van der Waals surface area contributed by atoms with E-state index in [9.17, 15) is 13.6 Å². The monoisotopic (exact) mass is 358 g/mol. The van der Waals surface area contributed by atoms with Gasteiger partial charge in [0.2, 0.25) is 11.8 Å². The first kappa shape index (κ1) is 17.5. The molecule has 1 atom stereocenters. The molecule has 1 aromatic heterocycles. The summed E-state index contributed by atoms with van der Waals surface area (Å²) in [4.78, 5) is 11.5. The third-order valence-electron chi connectivity index (χ3n) is 3.70. The molecule has 0 bridgehead atoms. The lowest BCUT2D eigenvalue weighted by atomic mass is 10.1. The zero-order valence-corrected chi connectivity index (χ0v) is 13.9. The van der Waals surface area contributed by atoms with Crippen LogP contribution in [0.15, 0.2) is 46.9 Å². The van der Waals surface area contributed by atoms with Gasteiger partial charge in [0.05, 0.1) is 5.56 Å². The highest BCUT2D eigenvalue weighted by Crippen LogP contribution is 2.25. The molecule has 134 valence electrons. The molecule has 3 aromatic rings. The van der Waals surface area contributed by atoms with Gasteiger partial charge < -0.3 is 15.5 Å². The number of hydrogen-bond acceptors (Lipinski definition) is 5. The molecule has 1 heterocycles. The molecule has 0 saturated heterocycles. The molecule has 0 saturated carbocycles. The van der Waals surface area contributed by atoms with Crippen molar-refractivity contribution in [1.29, 1.82) is 0 Å². The summed E-state index contributed by atoms with van der Waals surface area (Å²) >= 11 is 0. The average molecular weight is 358 g/mol. The summed E-state index contributed by atoms with van der Waals surface area (Å²) in [5.74, 6) is -1.76. The van der Waals surface area contributed by atoms with E-state index in [0.717, 1.165) is 17.7 Å². The van der Waals surface area contributed by atoms with Crippen LogP contribution in [0.5, 0.6) is 0 Å². The van der Waals surface area contributed by atoms with Crippen molar-refractivity contribution in [2.75, 3.05) is 5.73 Å². The number of carbonyl (C=O) groups excluding carboxylic acids is 1. The Morgan fingerprint density at radius 1 is 1.19 bits per heavy atom. The first-order valence-electron chi connectivity index (χ1n) is 7.82. The van der Waals surface area contributed by atoms with E-state index in [1.54, 1.807) is 12.1 Å². The Balaban J connectivity index is 1.88. The van der Waals surface area contributed by atoms with Gasteiger partial charge in [0.1, 0.15) is 17.7 Å². The van der Waals surface area contributed by atoms with Gasteiger partial charge >= 0.3 is 0 Å². The Hall–Kier alpha value is -3.29. The molecule has 3 rings (SSSR count). The van der Waals surface area contributed by atoms with Gasteiger partial charge in [-0.1, -0.05) is 12.1 Å². The lowest BCUT2D eigenvalue weighted by molar-refractivity contribution is -0.119. The lowest BCUT2D eigenvalue weighted by Crippen LogP contribution is -2.28. The Labute approximate surface area is 148 Å². The van der Waals surface area contributed by atoms with Crippen LogP contribution in [-0.4, -0.2) is 16.1 Å². The minimum atomic E-state index is -0.810. The number of amides is 1. The third-order valence-corrected chi connectivity index (χ3v) is 3.70. The maximum atomic E-state index is 13.9. The number of carbonyl (C=O) groups is 1. The summed E-state index contributed by atoms with van der Waals surface area (Å²) in [7, 11) is 0. The predicted molar refractivity (Wildman–Crippen MR) is 90.8 cm³/mol. The molecule has 0 aliphatic heterocycles. The van der Waals surface area contributed by atoms with Crippen molar-refractivity contribution in [1.82, 2.24) is 15.5 Å². The molecule has 3 N–H and O–H groups in total. The second-order valence-corrected chi connectivity index (χ2v) is 5.77. The molecule has 0 spiro atoms. The number of rotatable bonds is 5. The van der Waals surface area contributed by atoms with Gasteiger partial charge in [-0.15, -0.1) is 10.2 Å². The number of nitrogens with zero attached hydrogens (tertiary/aromatic N) is 2. The van der Waals surface area contributed by atoms with Crippen LogP contribution in [0.1, 0.15) is 24.4 Å². The van der Waals surface area contributed by atoms with Crippen LogP contribution in [-0.2, 0) is 11.2 Å². The van der Waals surface area contributed by atoms with Crippen LogP contribution < -0.4 is 11.1 Å². The van der Waals surface area contributed by atoms with Gasteiger partial charge in [-0.05, 0) is 29.8 Å². The topological polar surface area (TPSA) is 94.0 Å². The Bertz CT molecular complexity index is 925. The maximum absolute atomic E-state index is 13.9. The highest BCUT2D eigenvalue weighted by Gasteiger charge is 2.22. The fourth-order valence-electron chi connectivity index (χ4n) is 2.48. The Morgan fingerprint density at radius 2 is 1.92 bits per heavy atom. The van der Waals surface area contributed by atoms with E-state index in [4.69, 9.17) is 10.2 Å². The second-order valence-electron chi connectivity index (χ2n) is 5.77. The lowest BCUT2D eigenvalue weighted by Gasteiger charge is -2.14. The average Bonchev–Trinajstić information content (AvgIpc) is 3.05. The van der Waals surface area contributed by atoms with Crippen LogP contribution in [0.3, 0.4) is 0 Å². The Morgan fingerprint density at radius 3 is 2.58 bits per heavy atom. The molecule has 0 unspecified atom stereocenters. The summed E-state index contributed by atoms with van der Waals surface area (Å²) in [6.45, 7) is 1.37. The number of nitrogens with one attached hydrogen (secondary N) is 1. The fraction of sp³-hybridized carbons (Fsp3) is 0.167. The number of anilines is 1. The first-order chi connectivity index (χ1) is 12.4. The normalized spacial score (nSPS) is 12.0. The minimum absolute atomic E-state index is 0.0146. The number of halogens is 2. The van der Waals surface area contributed by atoms with Crippen molar-refractivity contribution in [3.8, 4) is 11.5 Å². The molecule has 0 aliphatic rings. The van der Waals surface area contributed by atoms with Crippen molar-refractivity contribution in [3.05, 3.63) is 65.6 Å². The molecule has 0 radical (unpaired) electrons. The zero-order chi connectivity index (χ0) is 18.7. The van der Waals surface area contributed by atoms with Crippen molar-refractivity contribution in [2.24, 2.45) is 0 Å². The number of benzene rings is 2. The summed E-state index contributed by atoms with van der Waals surface area (Å²) < 4.78 is 32.5. The highest BCUT2D eigenvalue weighted by atomic mass is 19.1.